The molecule has 1 N–H and O–H groups in total. The lowest BCUT2D eigenvalue weighted by molar-refractivity contribution is -0.148. The summed E-state index contributed by atoms with van der Waals surface area (Å²) in [5.74, 6) is -2.20. The Bertz CT molecular complexity index is 605. The number of aryl methyl sites for hydroxylation is 1. The topological polar surface area (TPSA) is 67.3 Å². The fourth-order valence-electron chi connectivity index (χ4n) is 1.79. The van der Waals surface area contributed by atoms with E-state index in [4.69, 9.17) is 5.11 Å². The third-order valence-corrected chi connectivity index (χ3v) is 2.52. The van der Waals surface area contributed by atoms with Crippen LogP contribution < -0.4 is 0 Å². The van der Waals surface area contributed by atoms with E-state index in [9.17, 15) is 9.59 Å². The van der Waals surface area contributed by atoms with Gasteiger partial charge in [-0.2, -0.15) is 0 Å². The van der Waals surface area contributed by atoms with Crippen molar-refractivity contribution >= 4 is 22.7 Å². The molecule has 0 radical (unpaired) electrons. The summed E-state index contributed by atoms with van der Waals surface area (Å²) in [6.07, 6.45) is -0.0980. The predicted molar refractivity (Wildman–Crippen MR) is 62.8 cm³/mol. The number of aliphatic carboxylic acids is 1. The number of carboxylic acid groups (broad SMARTS) is 1. The number of carboxylic acids is 1. The number of carbonyl (C=O) groups is 2. The van der Waals surface area contributed by atoms with Crippen LogP contribution in [0.25, 0.3) is 10.9 Å². The number of fused-ring (bicyclic) bond motifs is 1. The fourth-order valence-corrected chi connectivity index (χ4v) is 1.79. The SMILES string of the molecule is Cc1cc(CC(=O)C(=O)O)c2ccccc2n1. The first-order chi connectivity index (χ1) is 8.08. The minimum absolute atomic E-state index is 0.0980. The Balaban J connectivity index is 2.52. The number of nitrogens with zero attached hydrogens (tertiary/aromatic N) is 1. The maximum atomic E-state index is 11.2. The molecule has 0 unspecified atom stereocenters. The zero-order chi connectivity index (χ0) is 12.4. The van der Waals surface area contributed by atoms with Gasteiger partial charge in [0, 0.05) is 17.5 Å². The highest BCUT2D eigenvalue weighted by Gasteiger charge is 2.14. The van der Waals surface area contributed by atoms with Gasteiger partial charge in [-0.3, -0.25) is 9.78 Å². The molecule has 0 aliphatic rings. The third kappa shape index (κ3) is 2.30. The van der Waals surface area contributed by atoms with Crippen LogP contribution >= 0.6 is 0 Å². The summed E-state index contributed by atoms with van der Waals surface area (Å²) in [5, 5.41) is 9.45. The summed E-state index contributed by atoms with van der Waals surface area (Å²) in [6, 6.07) is 9.14. The summed E-state index contributed by atoms with van der Waals surface area (Å²) in [5.41, 5.74) is 2.26. The van der Waals surface area contributed by atoms with Gasteiger partial charge in [0.25, 0.3) is 0 Å². The number of hydrogen-bond donors (Lipinski definition) is 1. The number of para-hydroxylation sites is 1. The first-order valence-corrected chi connectivity index (χ1v) is 5.19. The molecule has 4 nitrogen and oxygen atoms in total. The molecule has 0 fully saturated rings. The lowest BCUT2D eigenvalue weighted by Gasteiger charge is -2.05. The molecule has 17 heavy (non-hydrogen) atoms. The predicted octanol–water partition coefficient (Wildman–Crippen LogP) is 1.74. The maximum absolute atomic E-state index is 11.2. The molecule has 86 valence electrons. The number of carbonyl (C=O) groups excluding carboxylic acids is 1. The van der Waals surface area contributed by atoms with Gasteiger partial charge < -0.3 is 5.11 Å². The van der Waals surface area contributed by atoms with Crippen LogP contribution in [0.5, 0.6) is 0 Å². The summed E-state index contributed by atoms with van der Waals surface area (Å²) in [7, 11) is 0. The molecule has 2 aromatic rings. The lowest BCUT2D eigenvalue weighted by Crippen LogP contribution is -2.15. The van der Waals surface area contributed by atoms with Gasteiger partial charge in [-0.05, 0) is 24.6 Å². The maximum Gasteiger partial charge on any atom is 0.372 e. The molecule has 0 bridgehead atoms. The van der Waals surface area contributed by atoms with Crippen molar-refractivity contribution in [2.75, 3.05) is 0 Å². The summed E-state index contributed by atoms with van der Waals surface area (Å²) >= 11 is 0. The molecule has 0 amide bonds. The van der Waals surface area contributed by atoms with Crippen LogP contribution in [-0.4, -0.2) is 21.8 Å². The zero-order valence-corrected chi connectivity index (χ0v) is 9.30. The van der Waals surface area contributed by atoms with Gasteiger partial charge >= 0.3 is 5.97 Å². The second kappa shape index (κ2) is 4.33. The van der Waals surface area contributed by atoms with Gasteiger partial charge in [0.15, 0.2) is 0 Å². The normalized spacial score (nSPS) is 10.4. The van der Waals surface area contributed by atoms with E-state index in [1.807, 2.05) is 31.2 Å². The molecule has 1 aromatic heterocycles. The molecule has 1 aromatic carbocycles. The molecule has 0 spiro atoms. The Labute approximate surface area is 97.9 Å². The first kappa shape index (κ1) is 11.3. The van der Waals surface area contributed by atoms with E-state index < -0.39 is 11.8 Å². The Morgan fingerprint density at radius 2 is 2.00 bits per heavy atom. The van der Waals surface area contributed by atoms with Crippen LogP contribution in [0, 0.1) is 6.92 Å². The van der Waals surface area contributed by atoms with Crippen molar-refractivity contribution in [2.24, 2.45) is 0 Å². The van der Waals surface area contributed by atoms with E-state index >= 15 is 0 Å². The number of pyridine rings is 1. The van der Waals surface area contributed by atoms with Crippen LogP contribution in [0.1, 0.15) is 11.3 Å². The van der Waals surface area contributed by atoms with Gasteiger partial charge in [0.1, 0.15) is 0 Å². The highest BCUT2D eigenvalue weighted by Crippen LogP contribution is 2.18. The number of rotatable bonds is 3. The quantitative estimate of drug-likeness (QED) is 0.814. The largest absolute Gasteiger partial charge is 0.475 e. The number of Topliss-reactive ketones (excluding diaryl/α,β-unsaturated/α-hetero) is 1. The molecule has 0 atom stereocenters. The minimum Gasteiger partial charge on any atom is -0.475 e. The second-order valence-corrected chi connectivity index (χ2v) is 3.85. The summed E-state index contributed by atoms with van der Waals surface area (Å²) in [4.78, 5) is 26.1. The smallest absolute Gasteiger partial charge is 0.372 e. The van der Waals surface area contributed by atoms with Gasteiger partial charge in [-0.25, -0.2) is 4.79 Å². The second-order valence-electron chi connectivity index (χ2n) is 3.85. The Morgan fingerprint density at radius 3 is 2.71 bits per heavy atom. The van der Waals surface area contributed by atoms with Crippen LogP contribution in [0.4, 0.5) is 0 Å². The van der Waals surface area contributed by atoms with Crippen molar-refractivity contribution in [2.45, 2.75) is 13.3 Å². The molecule has 1 heterocycles. The van der Waals surface area contributed by atoms with Crippen LogP contribution in [0.15, 0.2) is 30.3 Å². The monoisotopic (exact) mass is 229 g/mol. The summed E-state index contributed by atoms with van der Waals surface area (Å²) in [6.45, 7) is 1.82. The number of benzene rings is 1. The van der Waals surface area contributed by atoms with Gasteiger partial charge in [-0.1, -0.05) is 18.2 Å². The molecule has 0 aliphatic heterocycles. The van der Waals surface area contributed by atoms with E-state index in [1.165, 1.54) is 0 Å². The third-order valence-electron chi connectivity index (χ3n) is 2.52. The lowest BCUT2D eigenvalue weighted by atomic mass is 10.0. The Kier molecular flexibility index (Phi) is 2.87. The van der Waals surface area contributed by atoms with Crippen LogP contribution in [0.2, 0.25) is 0 Å². The van der Waals surface area contributed by atoms with Crippen molar-refractivity contribution in [3.8, 4) is 0 Å². The van der Waals surface area contributed by atoms with E-state index in [2.05, 4.69) is 4.98 Å². The van der Waals surface area contributed by atoms with Crippen LogP contribution in [0.3, 0.4) is 0 Å². The first-order valence-electron chi connectivity index (χ1n) is 5.19. The standard InChI is InChI=1S/C13H11NO3/c1-8-6-9(7-12(15)13(16)17)10-4-2-3-5-11(10)14-8/h2-6H,7H2,1H3,(H,16,17). The van der Waals surface area contributed by atoms with E-state index in [0.29, 0.717) is 5.56 Å². The zero-order valence-electron chi connectivity index (χ0n) is 9.30. The molecule has 0 aliphatic carbocycles. The van der Waals surface area contributed by atoms with Crippen molar-refractivity contribution in [3.05, 3.63) is 41.6 Å². The van der Waals surface area contributed by atoms with Crippen molar-refractivity contribution in [1.29, 1.82) is 0 Å². The van der Waals surface area contributed by atoms with Crippen LogP contribution in [-0.2, 0) is 16.0 Å². The molecule has 4 heteroatoms. The molecule has 0 saturated carbocycles. The van der Waals surface area contributed by atoms with Crippen molar-refractivity contribution < 1.29 is 14.7 Å². The highest BCUT2D eigenvalue weighted by molar-refractivity contribution is 6.33. The number of aromatic nitrogens is 1. The molecular formula is C13H11NO3. The number of hydrogen-bond acceptors (Lipinski definition) is 3. The Morgan fingerprint density at radius 1 is 1.29 bits per heavy atom. The average molecular weight is 229 g/mol. The molecular weight excluding hydrogens is 218 g/mol. The van der Waals surface area contributed by atoms with Gasteiger partial charge in [0.05, 0.1) is 5.52 Å². The molecule has 0 saturated heterocycles. The number of ketones is 1. The molecule has 2 rings (SSSR count). The van der Waals surface area contributed by atoms with E-state index in [0.717, 1.165) is 16.6 Å². The summed E-state index contributed by atoms with van der Waals surface area (Å²) < 4.78 is 0. The van der Waals surface area contributed by atoms with Crippen molar-refractivity contribution in [3.63, 3.8) is 0 Å². The van der Waals surface area contributed by atoms with E-state index in [1.54, 1.807) is 6.07 Å². The van der Waals surface area contributed by atoms with Crippen molar-refractivity contribution in [1.82, 2.24) is 4.98 Å². The highest BCUT2D eigenvalue weighted by atomic mass is 16.4. The minimum atomic E-state index is -1.40. The van der Waals surface area contributed by atoms with Gasteiger partial charge in [0.2, 0.25) is 5.78 Å². The van der Waals surface area contributed by atoms with Gasteiger partial charge in [-0.15, -0.1) is 0 Å². The fraction of sp³-hybridized carbons (Fsp3) is 0.154. The van der Waals surface area contributed by atoms with E-state index in [-0.39, 0.29) is 6.42 Å². The average Bonchev–Trinajstić information content (AvgIpc) is 2.28. The Hall–Kier alpha value is -2.23.